The topological polar surface area (TPSA) is 66.8 Å². The van der Waals surface area contributed by atoms with E-state index in [9.17, 15) is 9.59 Å². The van der Waals surface area contributed by atoms with Gasteiger partial charge in [0.15, 0.2) is 0 Å². The van der Waals surface area contributed by atoms with Crippen molar-refractivity contribution in [3.63, 3.8) is 0 Å². The molecule has 0 unspecified atom stereocenters. The molecule has 0 spiro atoms. The summed E-state index contributed by atoms with van der Waals surface area (Å²) in [5.74, 6) is 0. The lowest BCUT2D eigenvalue weighted by Gasteiger charge is -2.24. The smallest absolute Gasteiger partial charge is 0.408 e. The summed E-state index contributed by atoms with van der Waals surface area (Å²) in [6.45, 7) is 0.780. The van der Waals surface area contributed by atoms with Crippen molar-refractivity contribution in [3.8, 4) is 0 Å². The van der Waals surface area contributed by atoms with Gasteiger partial charge < -0.3 is 14.6 Å². The molecule has 1 aliphatic rings. The number of benzene rings is 1. The zero-order valence-corrected chi connectivity index (χ0v) is 10.6. The molecule has 1 fully saturated rings. The minimum absolute atomic E-state index is 0.226. The number of amides is 1. The number of hydrogen-bond acceptors (Lipinski definition) is 3. The van der Waals surface area contributed by atoms with Crippen molar-refractivity contribution >= 4 is 12.4 Å². The number of nitrogens with zero attached hydrogens (tertiary/aromatic N) is 1. The SMILES string of the molecule is O=C[C@H]1CC[C@@H](COCc2ccccc2)N1C(=O)O. The molecule has 1 N–H and O–H groups in total. The van der Waals surface area contributed by atoms with E-state index in [1.165, 1.54) is 4.90 Å². The number of carbonyl (C=O) groups is 2. The maximum Gasteiger partial charge on any atom is 0.408 e. The molecule has 1 heterocycles. The maximum absolute atomic E-state index is 11.1. The normalized spacial score (nSPS) is 22.4. The molecule has 1 amide bonds. The number of aldehydes is 1. The average molecular weight is 263 g/mol. The lowest BCUT2D eigenvalue weighted by atomic mass is 10.2. The zero-order chi connectivity index (χ0) is 13.7. The Morgan fingerprint density at radius 2 is 2.11 bits per heavy atom. The molecule has 0 bridgehead atoms. The summed E-state index contributed by atoms with van der Waals surface area (Å²) in [5.41, 5.74) is 1.05. The van der Waals surface area contributed by atoms with Gasteiger partial charge in [0.05, 0.1) is 25.3 Å². The lowest BCUT2D eigenvalue weighted by Crippen LogP contribution is -2.43. The van der Waals surface area contributed by atoms with Gasteiger partial charge in [-0.25, -0.2) is 4.79 Å². The first-order valence-electron chi connectivity index (χ1n) is 6.30. The van der Waals surface area contributed by atoms with E-state index in [4.69, 9.17) is 9.84 Å². The maximum atomic E-state index is 11.1. The Bertz CT molecular complexity index is 434. The van der Waals surface area contributed by atoms with E-state index in [0.717, 1.165) is 5.56 Å². The van der Waals surface area contributed by atoms with Crippen LogP contribution in [0.15, 0.2) is 30.3 Å². The third-order valence-corrected chi connectivity index (χ3v) is 3.35. The van der Waals surface area contributed by atoms with Crippen LogP contribution >= 0.6 is 0 Å². The highest BCUT2D eigenvalue weighted by Gasteiger charge is 2.36. The predicted molar refractivity (Wildman–Crippen MR) is 68.8 cm³/mol. The van der Waals surface area contributed by atoms with Crippen molar-refractivity contribution in [2.45, 2.75) is 31.5 Å². The first kappa shape index (κ1) is 13.5. The van der Waals surface area contributed by atoms with Crippen LogP contribution in [0.25, 0.3) is 0 Å². The molecule has 0 aromatic heterocycles. The molecule has 0 saturated carbocycles. The molecule has 1 aromatic rings. The number of hydrogen-bond donors (Lipinski definition) is 1. The van der Waals surface area contributed by atoms with Gasteiger partial charge in [-0.15, -0.1) is 0 Å². The molecule has 5 heteroatoms. The summed E-state index contributed by atoms with van der Waals surface area (Å²) >= 11 is 0. The van der Waals surface area contributed by atoms with E-state index in [1.54, 1.807) is 0 Å². The van der Waals surface area contributed by atoms with Crippen LogP contribution in [-0.2, 0) is 16.1 Å². The Kier molecular flexibility index (Phi) is 4.52. The van der Waals surface area contributed by atoms with Crippen LogP contribution in [0.2, 0.25) is 0 Å². The molecular weight excluding hydrogens is 246 g/mol. The van der Waals surface area contributed by atoms with Crippen molar-refractivity contribution in [1.82, 2.24) is 4.90 Å². The summed E-state index contributed by atoms with van der Waals surface area (Å²) in [5, 5.41) is 9.11. The van der Waals surface area contributed by atoms with Crippen LogP contribution in [0.5, 0.6) is 0 Å². The van der Waals surface area contributed by atoms with Crippen molar-refractivity contribution in [2.24, 2.45) is 0 Å². The highest BCUT2D eigenvalue weighted by molar-refractivity contribution is 5.73. The first-order valence-corrected chi connectivity index (χ1v) is 6.30. The molecule has 2 rings (SSSR count). The van der Waals surface area contributed by atoms with E-state index in [1.807, 2.05) is 30.3 Å². The van der Waals surface area contributed by atoms with Crippen LogP contribution < -0.4 is 0 Å². The molecule has 5 nitrogen and oxygen atoms in total. The Morgan fingerprint density at radius 1 is 1.37 bits per heavy atom. The largest absolute Gasteiger partial charge is 0.465 e. The molecule has 19 heavy (non-hydrogen) atoms. The lowest BCUT2D eigenvalue weighted by molar-refractivity contribution is -0.111. The van der Waals surface area contributed by atoms with Gasteiger partial charge in [-0.2, -0.15) is 0 Å². The quantitative estimate of drug-likeness (QED) is 0.824. The number of carboxylic acid groups (broad SMARTS) is 1. The zero-order valence-electron chi connectivity index (χ0n) is 10.6. The Labute approximate surface area is 111 Å². The third kappa shape index (κ3) is 3.32. The fourth-order valence-electron chi connectivity index (χ4n) is 2.39. The number of ether oxygens (including phenoxy) is 1. The molecular formula is C14H17NO4. The van der Waals surface area contributed by atoms with Crippen molar-refractivity contribution in [1.29, 1.82) is 0 Å². The van der Waals surface area contributed by atoms with E-state index in [-0.39, 0.29) is 6.04 Å². The van der Waals surface area contributed by atoms with Gasteiger partial charge in [-0.3, -0.25) is 4.90 Å². The highest BCUT2D eigenvalue weighted by atomic mass is 16.5. The summed E-state index contributed by atoms with van der Waals surface area (Å²) < 4.78 is 5.56. The summed E-state index contributed by atoms with van der Waals surface area (Å²) in [6.07, 6.45) is 0.897. The molecule has 0 radical (unpaired) electrons. The van der Waals surface area contributed by atoms with Gasteiger partial charge in [-0.05, 0) is 18.4 Å². The molecule has 2 atom stereocenters. The monoisotopic (exact) mass is 263 g/mol. The molecule has 1 saturated heterocycles. The van der Waals surface area contributed by atoms with E-state index < -0.39 is 12.1 Å². The number of likely N-dealkylation sites (tertiary alicyclic amines) is 1. The molecule has 1 aromatic carbocycles. The minimum atomic E-state index is -1.05. The van der Waals surface area contributed by atoms with Crippen LogP contribution in [0.1, 0.15) is 18.4 Å². The fourth-order valence-corrected chi connectivity index (χ4v) is 2.39. The predicted octanol–water partition coefficient (Wildman–Crippen LogP) is 1.91. The van der Waals surface area contributed by atoms with Gasteiger partial charge in [-0.1, -0.05) is 30.3 Å². The van der Waals surface area contributed by atoms with Crippen LogP contribution in [0, 0.1) is 0 Å². The average Bonchev–Trinajstić information content (AvgIpc) is 2.83. The highest BCUT2D eigenvalue weighted by Crippen LogP contribution is 2.23. The summed E-state index contributed by atoms with van der Waals surface area (Å²) in [7, 11) is 0. The van der Waals surface area contributed by atoms with Crippen molar-refractivity contribution < 1.29 is 19.4 Å². The van der Waals surface area contributed by atoms with Crippen molar-refractivity contribution in [3.05, 3.63) is 35.9 Å². The molecule has 1 aliphatic heterocycles. The number of rotatable bonds is 5. The van der Waals surface area contributed by atoms with Crippen molar-refractivity contribution in [2.75, 3.05) is 6.61 Å². The van der Waals surface area contributed by atoms with E-state index >= 15 is 0 Å². The molecule has 0 aliphatic carbocycles. The second-order valence-corrected chi connectivity index (χ2v) is 4.63. The second-order valence-electron chi connectivity index (χ2n) is 4.63. The number of carbonyl (C=O) groups excluding carboxylic acids is 1. The fraction of sp³-hybridized carbons (Fsp3) is 0.429. The molecule has 102 valence electrons. The summed E-state index contributed by atoms with van der Waals surface area (Å²) in [4.78, 5) is 23.1. The van der Waals surface area contributed by atoms with E-state index in [0.29, 0.717) is 32.3 Å². The Morgan fingerprint density at radius 3 is 2.74 bits per heavy atom. The van der Waals surface area contributed by atoms with Crippen LogP contribution in [0.3, 0.4) is 0 Å². The van der Waals surface area contributed by atoms with Crippen LogP contribution in [0.4, 0.5) is 4.79 Å². The summed E-state index contributed by atoms with van der Waals surface area (Å²) in [6, 6.07) is 8.96. The second kappa shape index (κ2) is 6.33. The Balaban J connectivity index is 1.85. The van der Waals surface area contributed by atoms with Gasteiger partial charge in [0.2, 0.25) is 0 Å². The van der Waals surface area contributed by atoms with E-state index in [2.05, 4.69) is 0 Å². The first-order chi connectivity index (χ1) is 9.22. The van der Waals surface area contributed by atoms with Gasteiger partial charge in [0, 0.05) is 0 Å². The van der Waals surface area contributed by atoms with Gasteiger partial charge in [0.1, 0.15) is 6.29 Å². The van der Waals surface area contributed by atoms with Gasteiger partial charge in [0.25, 0.3) is 0 Å². The standard InChI is InChI=1S/C14H17NO4/c16-8-12-6-7-13(15(12)14(17)18)10-19-9-11-4-2-1-3-5-11/h1-5,8,12-13H,6-7,9-10H2,(H,17,18)/t12-,13+/m1/s1. The van der Waals surface area contributed by atoms with Gasteiger partial charge >= 0.3 is 6.09 Å². The van der Waals surface area contributed by atoms with Crippen LogP contribution in [-0.4, -0.2) is 41.1 Å². The Hall–Kier alpha value is -1.88. The third-order valence-electron chi connectivity index (χ3n) is 3.35. The minimum Gasteiger partial charge on any atom is -0.465 e.